The Morgan fingerprint density at radius 3 is 1.82 bits per heavy atom. The fourth-order valence-electron chi connectivity index (χ4n) is 4.71. The molecule has 2 saturated carbocycles. The Bertz CT molecular complexity index is 992. The van der Waals surface area contributed by atoms with E-state index < -0.39 is 0 Å². The first-order valence-electron chi connectivity index (χ1n) is 10.5. The SMILES string of the molecule is O=C1C2=C(CCC=C2)C(=O)c2nc(C=C3CCCC3)c(C=C3CCCC3)nc21. The first-order chi connectivity index (χ1) is 13.7. The summed E-state index contributed by atoms with van der Waals surface area (Å²) in [5.41, 5.74) is 5.84. The van der Waals surface area contributed by atoms with Crippen molar-refractivity contribution < 1.29 is 9.59 Å². The molecule has 0 saturated heterocycles. The van der Waals surface area contributed by atoms with E-state index in [4.69, 9.17) is 9.97 Å². The minimum atomic E-state index is -0.154. The van der Waals surface area contributed by atoms with E-state index >= 15 is 0 Å². The highest BCUT2D eigenvalue weighted by Gasteiger charge is 2.35. The molecule has 4 nitrogen and oxygen atoms in total. The van der Waals surface area contributed by atoms with Gasteiger partial charge in [0.05, 0.1) is 11.4 Å². The van der Waals surface area contributed by atoms with Crippen molar-refractivity contribution in [1.29, 1.82) is 0 Å². The van der Waals surface area contributed by atoms with Crippen LogP contribution in [0.3, 0.4) is 0 Å². The summed E-state index contributed by atoms with van der Waals surface area (Å²) in [5, 5.41) is 0. The number of Topliss-reactive ketones (excluding diaryl/α,β-unsaturated/α-hetero) is 2. The van der Waals surface area contributed by atoms with E-state index in [-0.39, 0.29) is 23.0 Å². The third kappa shape index (κ3) is 3.01. The van der Waals surface area contributed by atoms with Gasteiger partial charge in [-0.1, -0.05) is 23.3 Å². The Morgan fingerprint density at radius 2 is 1.25 bits per heavy atom. The van der Waals surface area contributed by atoms with Crippen molar-refractivity contribution >= 4 is 23.7 Å². The first-order valence-corrected chi connectivity index (χ1v) is 10.5. The van der Waals surface area contributed by atoms with Crippen LogP contribution in [-0.2, 0) is 0 Å². The van der Waals surface area contributed by atoms with Crippen molar-refractivity contribution in [3.8, 4) is 0 Å². The van der Waals surface area contributed by atoms with Crippen LogP contribution in [0.15, 0.2) is 34.4 Å². The molecule has 0 radical (unpaired) electrons. The van der Waals surface area contributed by atoms with E-state index in [0.29, 0.717) is 17.6 Å². The summed E-state index contributed by atoms with van der Waals surface area (Å²) in [6.07, 6.45) is 18.5. The molecule has 28 heavy (non-hydrogen) atoms. The predicted octanol–water partition coefficient (Wildman–Crippen LogP) is 5.42. The van der Waals surface area contributed by atoms with Crippen molar-refractivity contribution in [1.82, 2.24) is 9.97 Å². The molecular weight excluding hydrogens is 348 g/mol. The van der Waals surface area contributed by atoms with E-state index in [0.717, 1.165) is 43.5 Å². The zero-order valence-electron chi connectivity index (χ0n) is 16.1. The fourth-order valence-corrected chi connectivity index (χ4v) is 4.71. The molecule has 4 heteroatoms. The topological polar surface area (TPSA) is 59.9 Å². The normalized spacial score (nSPS) is 21.3. The van der Waals surface area contributed by atoms with Crippen molar-refractivity contribution in [3.05, 3.63) is 57.2 Å². The van der Waals surface area contributed by atoms with Crippen LogP contribution in [-0.4, -0.2) is 21.5 Å². The van der Waals surface area contributed by atoms with Crippen LogP contribution in [0.4, 0.5) is 0 Å². The van der Waals surface area contributed by atoms with Gasteiger partial charge in [0, 0.05) is 11.1 Å². The van der Waals surface area contributed by atoms with E-state index in [9.17, 15) is 9.59 Å². The number of carbonyl (C=O) groups is 2. The third-order valence-electron chi connectivity index (χ3n) is 6.24. The van der Waals surface area contributed by atoms with Gasteiger partial charge in [-0.05, 0) is 76.4 Å². The van der Waals surface area contributed by atoms with Gasteiger partial charge < -0.3 is 0 Å². The largest absolute Gasteiger partial charge is 0.287 e. The maximum atomic E-state index is 13.1. The van der Waals surface area contributed by atoms with Gasteiger partial charge in [0.25, 0.3) is 0 Å². The number of fused-ring (bicyclic) bond motifs is 1. The molecule has 0 aromatic carbocycles. The second kappa shape index (κ2) is 7.08. The number of nitrogens with zero attached hydrogens (tertiary/aromatic N) is 2. The van der Waals surface area contributed by atoms with Gasteiger partial charge >= 0.3 is 0 Å². The second-order valence-corrected chi connectivity index (χ2v) is 8.20. The highest BCUT2D eigenvalue weighted by Crippen LogP contribution is 2.34. The molecular formula is C24H24N2O2. The molecule has 5 rings (SSSR count). The summed E-state index contributed by atoms with van der Waals surface area (Å²) in [5.74, 6) is -0.271. The van der Waals surface area contributed by atoms with Crippen LogP contribution in [0, 0.1) is 0 Å². The molecule has 142 valence electrons. The summed E-state index contributed by atoms with van der Waals surface area (Å²) in [6, 6.07) is 0. The highest BCUT2D eigenvalue weighted by atomic mass is 16.1. The van der Waals surface area contributed by atoms with Gasteiger partial charge in [-0.3, -0.25) is 9.59 Å². The van der Waals surface area contributed by atoms with Crippen LogP contribution in [0.25, 0.3) is 12.2 Å². The molecule has 0 bridgehead atoms. The number of rotatable bonds is 2. The molecule has 4 aliphatic rings. The average Bonchev–Trinajstić information content (AvgIpc) is 3.41. The number of allylic oxidation sites excluding steroid dienone is 6. The number of aromatic nitrogens is 2. The van der Waals surface area contributed by atoms with Crippen molar-refractivity contribution in [3.63, 3.8) is 0 Å². The van der Waals surface area contributed by atoms with E-state index in [1.807, 2.05) is 6.08 Å². The Kier molecular flexibility index (Phi) is 4.42. The van der Waals surface area contributed by atoms with Crippen molar-refractivity contribution in [2.24, 2.45) is 0 Å². The molecule has 4 aliphatic carbocycles. The number of hydrogen-bond acceptors (Lipinski definition) is 4. The molecule has 0 aliphatic heterocycles. The zero-order valence-corrected chi connectivity index (χ0v) is 16.1. The quantitative estimate of drug-likeness (QED) is 0.696. The van der Waals surface area contributed by atoms with Gasteiger partial charge in [0.2, 0.25) is 11.6 Å². The van der Waals surface area contributed by atoms with Gasteiger partial charge in [-0.25, -0.2) is 9.97 Å². The summed E-state index contributed by atoms with van der Waals surface area (Å²) in [6.45, 7) is 0. The van der Waals surface area contributed by atoms with Crippen LogP contribution in [0.5, 0.6) is 0 Å². The molecule has 0 atom stereocenters. The molecule has 2 fully saturated rings. The predicted molar refractivity (Wildman–Crippen MR) is 109 cm³/mol. The monoisotopic (exact) mass is 372 g/mol. The molecule has 1 aromatic heterocycles. The van der Waals surface area contributed by atoms with Gasteiger partial charge in [-0.2, -0.15) is 0 Å². The maximum absolute atomic E-state index is 13.1. The second-order valence-electron chi connectivity index (χ2n) is 8.20. The fraction of sp³-hybridized carbons (Fsp3) is 0.417. The van der Waals surface area contributed by atoms with Crippen LogP contribution < -0.4 is 0 Å². The summed E-state index contributed by atoms with van der Waals surface area (Å²) in [7, 11) is 0. The van der Waals surface area contributed by atoms with E-state index in [1.165, 1.54) is 36.8 Å². The lowest BCUT2D eigenvalue weighted by atomic mass is 9.84. The Labute approximate surface area is 165 Å². The number of hydrogen-bond donors (Lipinski definition) is 0. The van der Waals surface area contributed by atoms with Gasteiger partial charge in [0.15, 0.2) is 0 Å². The Hall–Kier alpha value is -2.62. The summed E-state index contributed by atoms with van der Waals surface area (Å²) < 4.78 is 0. The third-order valence-corrected chi connectivity index (χ3v) is 6.24. The van der Waals surface area contributed by atoms with Crippen LogP contribution in [0.2, 0.25) is 0 Å². The Morgan fingerprint density at radius 1 is 0.714 bits per heavy atom. The molecule has 0 spiro atoms. The lowest BCUT2D eigenvalue weighted by Crippen LogP contribution is -2.26. The van der Waals surface area contributed by atoms with E-state index in [2.05, 4.69) is 12.2 Å². The average molecular weight is 372 g/mol. The maximum Gasteiger partial charge on any atom is 0.214 e. The van der Waals surface area contributed by atoms with Gasteiger partial charge in [0.1, 0.15) is 11.4 Å². The molecule has 0 amide bonds. The lowest BCUT2D eigenvalue weighted by Gasteiger charge is -2.21. The zero-order chi connectivity index (χ0) is 19.1. The number of carbonyl (C=O) groups excluding carboxylic acids is 2. The molecule has 1 aromatic rings. The van der Waals surface area contributed by atoms with Gasteiger partial charge in [-0.15, -0.1) is 0 Å². The van der Waals surface area contributed by atoms with Crippen LogP contribution >= 0.6 is 0 Å². The van der Waals surface area contributed by atoms with E-state index in [1.54, 1.807) is 6.08 Å². The molecule has 0 unspecified atom stereocenters. The summed E-state index contributed by atoms with van der Waals surface area (Å²) in [4.78, 5) is 35.5. The standard InChI is InChI=1S/C24H24N2O2/c27-23-17-11-5-6-12-18(17)24(28)22-21(23)25-19(13-15-7-1-2-8-15)20(26-22)14-16-9-3-4-10-16/h5,11,13-14H,1-4,6-10,12H2. The highest BCUT2D eigenvalue weighted by molar-refractivity contribution is 6.26. The smallest absolute Gasteiger partial charge is 0.214 e. The molecule has 0 N–H and O–H groups in total. The van der Waals surface area contributed by atoms with Crippen molar-refractivity contribution in [2.45, 2.75) is 64.2 Å². The minimum absolute atomic E-state index is 0.118. The summed E-state index contributed by atoms with van der Waals surface area (Å²) >= 11 is 0. The van der Waals surface area contributed by atoms with Crippen molar-refractivity contribution in [2.75, 3.05) is 0 Å². The number of ketones is 2. The Balaban J connectivity index is 1.66. The lowest BCUT2D eigenvalue weighted by molar-refractivity contribution is 0.0966. The molecule has 1 heterocycles. The minimum Gasteiger partial charge on any atom is -0.287 e. The van der Waals surface area contributed by atoms with Crippen LogP contribution in [0.1, 0.15) is 96.6 Å². The first kappa shape index (κ1) is 17.5.